The Bertz CT molecular complexity index is 2540. The summed E-state index contributed by atoms with van der Waals surface area (Å²) < 4.78 is 11.7. The van der Waals surface area contributed by atoms with E-state index in [1.165, 1.54) is 5.56 Å². The quantitative estimate of drug-likeness (QED) is 0.0987. The van der Waals surface area contributed by atoms with Crippen molar-refractivity contribution in [2.75, 3.05) is 64.0 Å². The Morgan fingerprint density at radius 1 is 0.864 bits per heavy atom. The molecule has 0 radical (unpaired) electrons. The molecule has 1 aromatic heterocycles. The van der Waals surface area contributed by atoms with Crippen LogP contribution in [0.15, 0.2) is 65.5 Å². The molecule has 0 saturated carbocycles. The highest BCUT2D eigenvalue weighted by Crippen LogP contribution is 2.36. The van der Waals surface area contributed by atoms with Gasteiger partial charge in [-0.2, -0.15) is 0 Å². The lowest BCUT2D eigenvalue weighted by Gasteiger charge is -2.37. The number of imide groups is 2. The number of piperidine rings is 1. The number of aryl methyl sites for hydroxylation is 2. The van der Waals surface area contributed by atoms with E-state index >= 15 is 0 Å². The van der Waals surface area contributed by atoms with Gasteiger partial charge in [0.1, 0.15) is 11.8 Å². The summed E-state index contributed by atoms with van der Waals surface area (Å²) in [5, 5.41) is 5.28. The highest BCUT2D eigenvalue weighted by atomic mass is 16.5. The second kappa shape index (κ2) is 20.6. The van der Waals surface area contributed by atoms with Crippen LogP contribution in [0.2, 0.25) is 0 Å². The van der Waals surface area contributed by atoms with E-state index in [9.17, 15) is 28.8 Å². The van der Waals surface area contributed by atoms with Crippen molar-refractivity contribution in [3.8, 4) is 16.9 Å². The van der Waals surface area contributed by atoms with E-state index < -0.39 is 29.7 Å². The van der Waals surface area contributed by atoms with E-state index in [1.807, 2.05) is 32.9 Å². The molecule has 3 N–H and O–H groups in total. The fourth-order valence-corrected chi connectivity index (χ4v) is 9.84. The number of aromatic nitrogens is 1. The minimum Gasteiger partial charge on any atom is -0.493 e. The number of ether oxygens (including phenoxy) is 2. The highest BCUT2D eigenvalue weighted by Gasteiger charge is 2.46. The predicted octanol–water partition coefficient (Wildman–Crippen LogP) is 5.28. The van der Waals surface area contributed by atoms with Crippen LogP contribution >= 0.6 is 0 Å². The first-order valence-corrected chi connectivity index (χ1v) is 23.4. The molecule has 0 aliphatic carbocycles. The van der Waals surface area contributed by atoms with Crippen LogP contribution in [-0.2, 0) is 27.4 Å². The second-order valence-electron chi connectivity index (χ2n) is 17.9. The number of nitrogens with one attached hydrogen (secondary N) is 3. The molecule has 348 valence electrons. The van der Waals surface area contributed by atoms with E-state index in [4.69, 9.17) is 9.47 Å². The molecule has 8 rings (SSSR count). The number of carbonyl (C=O) groups is 5. The first-order chi connectivity index (χ1) is 31.9. The Hall–Kier alpha value is -6.16. The lowest BCUT2D eigenvalue weighted by molar-refractivity contribution is -0.136. The highest BCUT2D eigenvalue weighted by molar-refractivity contribution is 6.24. The van der Waals surface area contributed by atoms with Gasteiger partial charge in [0.2, 0.25) is 11.8 Å². The minimum atomic E-state index is -1.02. The van der Waals surface area contributed by atoms with Crippen LogP contribution in [0.5, 0.6) is 5.75 Å². The lowest BCUT2D eigenvalue weighted by Crippen LogP contribution is -2.54. The summed E-state index contributed by atoms with van der Waals surface area (Å²) in [5.74, 6) is -2.05. The Balaban J connectivity index is 0.846. The number of pyridine rings is 1. The van der Waals surface area contributed by atoms with Gasteiger partial charge in [-0.25, -0.2) is 0 Å². The van der Waals surface area contributed by atoms with Gasteiger partial charge in [-0.15, -0.1) is 0 Å². The molecule has 0 bridgehead atoms. The third-order valence-electron chi connectivity index (χ3n) is 13.5. The van der Waals surface area contributed by atoms with Crippen LogP contribution in [-0.4, -0.2) is 120 Å². The van der Waals surface area contributed by atoms with Crippen LogP contribution in [0.1, 0.15) is 104 Å². The van der Waals surface area contributed by atoms with Crippen molar-refractivity contribution in [2.24, 2.45) is 0 Å². The van der Waals surface area contributed by atoms with Gasteiger partial charge in [-0.1, -0.05) is 30.3 Å². The topological polar surface area (TPSA) is 174 Å². The van der Waals surface area contributed by atoms with Crippen LogP contribution in [0.25, 0.3) is 11.1 Å². The smallest absolute Gasteiger partial charge is 0.266 e. The molecule has 4 aromatic rings. The number of fused-ring (bicyclic) bond motifs is 1. The van der Waals surface area contributed by atoms with Gasteiger partial charge in [0.15, 0.2) is 0 Å². The van der Waals surface area contributed by atoms with Crippen molar-refractivity contribution in [2.45, 2.75) is 91.4 Å². The van der Waals surface area contributed by atoms with Gasteiger partial charge in [0.05, 0.1) is 17.7 Å². The zero-order chi connectivity index (χ0) is 46.5. The number of hydrogen-bond donors (Lipinski definition) is 3. The second-order valence-corrected chi connectivity index (χ2v) is 17.9. The number of nitrogens with zero attached hydrogens (tertiary/aromatic N) is 4. The first kappa shape index (κ1) is 46.4. The van der Waals surface area contributed by atoms with Crippen LogP contribution in [0, 0.1) is 20.8 Å². The van der Waals surface area contributed by atoms with Crippen molar-refractivity contribution in [3.05, 3.63) is 116 Å². The Morgan fingerprint density at radius 2 is 1.61 bits per heavy atom. The van der Waals surface area contributed by atoms with Gasteiger partial charge in [-0.05, 0) is 124 Å². The molecule has 3 aromatic carbocycles. The number of unbranched alkanes of at least 4 members (excludes halogenated alkanes) is 1. The molecule has 15 nitrogen and oxygen atoms in total. The lowest BCUT2D eigenvalue weighted by atomic mass is 9.94. The summed E-state index contributed by atoms with van der Waals surface area (Å²) in [7, 11) is 0. The summed E-state index contributed by atoms with van der Waals surface area (Å²) in [5.41, 5.74) is 8.15. The monoisotopic (exact) mass is 899 g/mol. The van der Waals surface area contributed by atoms with Crippen molar-refractivity contribution >= 4 is 35.2 Å². The summed E-state index contributed by atoms with van der Waals surface area (Å²) in [6, 6.07) is 19.0. The van der Waals surface area contributed by atoms with E-state index in [2.05, 4.69) is 67.6 Å². The number of H-pyrrole nitrogens is 1. The molecule has 66 heavy (non-hydrogen) atoms. The Kier molecular flexibility index (Phi) is 14.4. The molecule has 5 amide bonds. The van der Waals surface area contributed by atoms with E-state index in [0.717, 1.165) is 123 Å². The largest absolute Gasteiger partial charge is 0.493 e. The normalized spacial score (nSPS) is 18.4. The standard InChI is InChI=1S/C51H61N7O8/c1-5-57(38-17-25-65-26-18-38)43-29-37(28-40(34(43)4)47(60)52-30-41-32(2)27-33(3)53-48(41)61)36-13-11-35(12-14-36)31-56-22-20-55(21-23-56)19-6-7-24-66-44-10-8-9-39-46(44)51(64)58(50(39)63)42-15-16-45(59)54-49(42)62/h8-14,27-29,38,42H,5-7,15-26,30-31H2,1-4H3,(H,52,60)(H,53,61)(H,54,59,62). The average molecular weight is 900 g/mol. The molecule has 3 saturated heterocycles. The van der Waals surface area contributed by atoms with Gasteiger partial charge < -0.3 is 29.6 Å². The number of piperazine rings is 1. The van der Waals surface area contributed by atoms with E-state index in [0.29, 0.717) is 29.5 Å². The van der Waals surface area contributed by atoms with Gasteiger partial charge in [0.25, 0.3) is 23.3 Å². The maximum absolute atomic E-state index is 14.0. The minimum absolute atomic E-state index is 0.0663. The number of rotatable bonds is 16. The number of aromatic amines is 1. The van der Waals surface area contributed by atoms with Crippen molar-refractivity contribution in [1.29, 1.82) is 0 Å². The zero-order valence-electron chi connectivity index (χ0n) is 38.5. The molecule has 5 heterocycles. The molecule has 4 aliphatic rings. The molecular weight excluding hydrogens is 839 g/mol. The number of hydrogen-bond acceptors (Lipinski definition) is 11. The van der Waals surface area contributed by atoms with Gasteiger partial charge >= 0.3 is 0 Å². The summed E-state index contributed by atoms with van der Waals surface area (Å²) in [6.07, 6.45) is 3.70. The van der Waals surface area contributed by atoms with Crippen molar-refractivity contribution in [3.63, 3.8) is 0 Å². The fourth-order valence-electron chi connectivity index (χ4n) is 9.84. The Morgan fingerprint density at radius 3 is 2.32 bits per heavy atom. The predicted molar refractivity (Wildman–Crippen MR) is 251 cm³/mol. The zero-order valence-corrected chi connectivity index (χ0v) is 38.5. The first-order valence-electron chi connectivity index (χ1n) is 23.4. The fraction of sp³-hybridized carbons (Fsp3) is 0.451. The van der Waals surface area contributed by atoms with E-state index in [1.54, 1.807) is 18.2 Å². The third kappa shape index (κ3) is 10.1. The SMILES string of the molecule is CCN(c1cc(-c2ccc(CN3CCN(CCCCOc4cccc5c4C(=O)N(C4CCC(=O)NC4=O)C5=O)CC3)cc2)cc(C(=O)NCc2c(C)cc(C)[nH]c2=O)c1C)C1CCOCC1. The molecule has 0 spiro atoms. The van der Waals surface area contributed by atoms with Crippen LogP contribution in [0.3, 0.4) is 0 Å². The third-order valence-corrected chi connectivity index (χ3v) is 13.5. The van der Waals surface area contributed by atoms with Crippen LogP contribution in [0.4, 0.5) is 5.69 Å². The van der Waals surface area contributed by atoms with E-state index in [-0.39, 0.29) is 42.0 Å². The number of anilines is 1. The van der Waals surface area contributed by atoms with Gasteiger partial charge in [-0.3, -0.25) is 43.9 Å². The molecule has 1 unspecified atom stereocenters. The maximum Gasteiger partial charge on any atom is 0.266 e. The molecular formula is C51H61N7O8. The molecule has 15 heteroatoms. The van der Waals surface area contributed by atoms with Crippen molar-refractivity contribution < 1.29 is 33.4 Å². The number of benzene rings is 3. The summed E-state index contributed by atoms with van der Waals surface area (Å²) >= 11 is 0. The average Bonchev–Trinajstić information content (AvgIpc) is 3.56. The number of amides is 5. The summed E-state index contributed by atoms with van der Waals surface area (Å²) in [4.78, 5) is 88.6. The number of carbonyl (C=O) groups excluding carboxylic acids is 5. The summed E-state index contributed by atoms with van der Waals surface area (Å²) in [6.45, 7) is 16.2. The molecule has 1 atom stereocenters. The van der Waals surface area contributed by atoms with Gasteiger partial charge in [0, 0.05) is 94.0 Å². The molecule has 4 aliphatic heterocycles. The molecule has 3 fully saturated rings. The Labute approximate surface area is 385 Å². The van der Waals surface area contributed by atoms with Crippen molar-refractivity contribution in [1.82, 2.24) is 30.3 Å². The maximum atomic E-state index is 14.0. The van der Waals surface area contributed by atoms with Crippen LogP contribution < -0.4 is 25.8 Å².